The molecule has 0 saturated heterocycles. The van der Waals surface area contributed by atoms with E-state index in [1.807, 2.05) is 18.2 Å². The van der Waals surface area contributed by atoms with Gasteiger partial charge in [-0.3, -0.25) is 5.41 Å². The standard InChI is InChI=1S/C15H14BrClN2O2/c1-20-13-4-2-9(6-11(13)16)8-21-14-5-3-10(15(18)19)7-12(14)17/h2-7H,8H2,1H3,(H3,18,19). The maximum Gasteiger partial charge on any atom is 0.138 e. The van der Waals surface area contributed by atoms with Gasteiger partial charge in [-0.2, -0.15) is 0 Å². The molecule has 0 amide bonds. The van der Waals surface area contributed by atoms with Gasteiger partial charge in [-0.25, -0.2) is 0 Å². The first-order valence-corrected chi connectivity index (χ1v) is 7.27. The van der Waals surface area contributed by atoms with E-state index >= 15 is 0 Å². The van der Waals surface area contributed by atoms with Crippen molar-refractivity contribution >= 4 is 33.4 Å². The zero-order valence-corrected chi connectivity index (χ0v) is 13.7. The number of nitrogens with two attached hydrogens (primary N) is 1. The largest absolute Gasteiger partial charge is 0.496 e. The number of nitrogen functional groups attached to an aromatic ring is 1. The molecule has 0 fully saturated rings. The fourth-order valence-electron chi connectivity index (χ4n) is 1.75. The molecule has 2 aromatic carbocycles. The van der Waals surface area contributed by atoms with Crippen LogP contribution in [-0.2, 0) is 6.61 Å². The smallest absolute Gasteiger partial charge is 0.138 e. The molecule has 0 radical (unpaired) electrons. The number of benzene rings is 2. The van der Waals surface area contributed by atoms with Crippen molar-refractivity contribution in [1.82, 2.24) is 0 Å². The van der Waals surface area contributed by atoms with E-state index in [0.29, 0.717) is 22.9 Å². The van der Waals surface area contributed by atoms with Crippen molar-refractivity contribution in [3.05, 3.63) is 57.0 Å². The van der Waals surface area contributed by atoms with Gasteiger partial charge in [0.2, 0.25) is 0 Å². The molecule has 0 bridgehead atoms. The summed E-state index contributed by atoms with van der Waals surface area (Å²) < 4.78 is 11.7. The molecule has 110 valence electrons. The molecular weight excluding hydrogens is 356 g/mol. The molecule has 0 aliphatic rings. The number of nitrogens with one attached hydrogen (secondary N) is 1. The highest BCUT2D eigenvalue weighted by molar-refractivity contribution is 9.10. The van der Waals surface area contributed by atoms with Crippen molar-refractivity contribution in [3.8, 4) is 11.5 Å². The maximum absolute atomic E-state index is 7.36. The molecule has 0 heterocycles. The van der Waals surface area contributed by atoms with E-state index in [0.717, 1.165) is 15.8 Å². The zero-order valence-electron chi connectivity index (χ0n) is 11.3. The summed E-state index contributed by atoms with van der Waals surface area (Å²) in [6, 6.07) is 10.7. The van der Waals surface area contributed by atoms with Gasteiger partial charge in [0.25, 0.3) is 0 Å². The van der Waals surface area contributed by atoms with Crippen LogP contribution in [0.25, 0.3) is 0 Å². The van der Waals surface area contributed by atoms with Gasteiger partial charge < -0.3 is 15.2 Å². The number of hydrogen-bond donors (Lipinski definition) is 2. The Morgan fingerprint density at radius 2 is 1.95 bits per heavy atom. The molecule has 4 nitrogen and oxygen atoms in total. The Morgan fingerprint density at radius 3 is 2.52 bits per heavy atom. The van der Waals surface area contributed by atoms with Crippen molar-refractivity contribution in [1.29, 1.82) is 5.41 Å². The van der Waals surface area contributed by atoms with Crippen LogP contribution in [0.3, 0.4) is 0 Å². The van der Waals surface area contributed by atoms with E-state index in [1.165, 1.54) is 0 Å². The summed E-state index contributed by atoms with van der Waals surface area (Å²) in [6.07, 6.45) is 0. The molecule has 0 aromatic heterocycles. The second-order valence-electron chi connectivity index (χ2n) is 4.32. The van der Waals surface area contributed by atoms with Gasteiger partial charge in [0.1, 0.15) is 23.9 Å². The van der Waals surface area contributed by atoms with Gasteiger partial charge in [-0.15, -0.1) is 0 Å². The van der Waals surface area contributed by atoms with E-state index in [1.54, 1.807) is 25.3 Å². The zero-order chi connectivity index (χ0) is 15.4. The summed E-state index contributed by atoms with van der Waals surface area (Å²) in [4.78, 5) is 0. The first-order chi connectivity index (χ1) is 10.0. The van der Waals surface area contributed by atoms with Crippen LogP contribution in [0.15, 0.2) is 40.9 Å². The highest BCUT2D eigenvalue weighted by Crippen LogP contribution is 2.28. The predicted molar refractivity (Wildman–Crippen MR) is 87.5 cm³/mol. The highest BCUT2D eigenvalue weighted by atomic mass is 79.9. The monoisotopic (exact) mass is 368 g/mol. The molecule has 6 heteroatoms. The summed E-state index contributed by atoms with van der Waals surface area (Å²) in [5, 5.41) is 7.79. The molecule has 0 spiro atoms. The molecule has 2 rings (SSSR count). The summed E-state index contributed by atoms with van der Waals surface area (Å²) in [6.45, 7) is 0.377. The quantitative estimate of drug-likeness (QED) is 0.619. The Kier molecular flexibility index (Phi) is 5.09. The van der Waals surface area contributed by atoms with Gasteiger partial charge in [-0.05, 0) is 51.8 Å². The SMILES string of the molecule is COc1ccc(COc2ccc(C(=N)N)cc2Cl)cc1Br. The molecule has 0 atom stereocenters. The number of halogens is 2. The topological polar surface area (TPSA) is 68.3 Å². The molecule has 2 aromatic rings. The van der Waals surface area contributed by atoms with Crippen molar-refractivity contribution in [2.24, 2.45) is 5.73 Å². The number of ether oxygens (including phenoxy) is 2. The average molecular weight is 370 g/mol. The van der Waals surface area contributed by atoms with Gasteiger partial charge >= 0.3 is 0 Å². The third-order valence-corrected chi connectivity index (χ3v) is 3.77. The Balaban J connectivity index is 2.09. The molecule has 21 heavy (non-hydrogen) atoms. The van der Waals surface area contributed by atoms with Crippen LogP contribution in [0.5, 0.6) is 11.5 Å². The molecular formula is C15H14BrClN2O2. The van der Waals surface area contributed by atoms with Gasteiger partial charge in [-0.1, -0.05) is 17.7 Å². The minimum atomic E-state index is -0.0254. The van der Waals surface area contributed by atoms with Crippen LogP contribution in [0, 0.1) is 5.41 Å². The molecule has 0 unspecified atom stereocenters. The van der Waals surface area contributed by atoms with Gasteiger partial charge in [0, 0.05) is 5.56 Å². The third-order valence-electron chi connectivity index (χ3n) is 2.85. The maximum atomic E-state index is 7.36. The van der Waals surface area contributed by atoms with E-state index < -0.39 is 0 Å². The average Bonchev–Trinajstić information content (AvgIpc) is 2.46. The predicted octanol–water partition coefficient (Wildman–Crippen LogP) is 3.97. The second-order valence-corrected chi connectivity index (χ2v) is 5.58. The Morgan fingerprint density at radius 1 is 1.24 bits per heavy atom. The Bertz CT molecular complexity index is 677. The lowest BCUT2D eigenvalue weighted by Gasteiger charge is -2.10. The minimum absolute atomic E-state index is 0.0254. The van der Waals surface area contributed by atoms with Crippen LogP contribution in [0.1, 0.15) is 11.1 Å². The fourth-order valence-corrected chi connectivity index (χ4v) is 2.57. The summed E-state index contributed by atoms with van der Waals surface area (Å²) in [5.74, 6) is 1.29. The van der Waals surface area contributed by atoms with Crippen LogP contribution in [0.2, 0.25) is 5.02 Å². The lowest BCUT2D eigenvalue weighted by molar-refractivity contribution is 0.306. The van der Waals surface area contributed by atoms with Crippen molar-refractivity contribution in [2.75, 3.05) is 7.11 Å². The summed E-state index contributed by atoms with van der Waals surface area (Å²) in [5.41, 5.74) is 6.96. The number of rotatable bonds is 5. The number of hydrogen-bond acceptors (Lipinski definition) is 3. The third kappa shape index (κ3) is 3.89. The van der Waals surface area contributed by atoms with Crippen LogP contribution in [-0.4, -0.2) is 12.9 Å². The Labute approximate surface area is 136 Å². The molecule has 0 aliphatic carbocycles. The molecule has 0 saturated carbocycles. The van der Waals surface area contributed by atoms with Crippen LogP contribution < -0.4 is 15.2 Å². The lowest BCUT2D eigenvalue weighted by Crippen LogP contribution is -2.10. The van der Waals surface area contributed by atoms with Crippen molar-refractivity contribution in [2.45, 2.75) is 6.61 Å². The first-order valence-electron chi connectivity index (χ1n) is 6.10. The van der Waals surface area contributed by atoms with E-state index in [9.17, 15) is 0 Å². The summed E-state index contributed by atoms with van der Waals surface area (Å²) in [7, 11) is 1.62. The Hall–Kier alpha value is -1.72. The van der Waals surface area contributed by atoms with Crippen LogP contribution >= 0.6 is 27.5 Å². The van der Waals surface area contributed by atoms with Crippen LogP contribution in [0.4, 0.5) is 0 Å². The van der Waals surface area contributed by atoms with E-state index in [2.05, 4.69) is 15.9 Å². The van der Waals surface area contributed by atoms with Crippen molar-refractivity contribution in [3.63, 3.8) is 0 Å². The first kappa shape index (κ1) is 15.7. The van der Waals surface area contributed by atoms with E-state index in [4.69, 9.17) is 32.2 Å². The van der Waals surface area contributed by atoms with E-state index in [-0.39, 0.29) is 5.84 Å². The summed E-state index contributed by atoms with van der Waals surface area (Å²) >= 11 is 9.54. The second kappa shape index (κ2) is 6.83. The number of methoxy groups -OCH3 is 1. The van der Waals surface area contributed by atoms with Gasteiger partial charge in [0.15, 0.2) is 0 Å². The molecule has 0 aliphatic heterocycles. The van der Waals surface area contributed by atoms with Gasteiger partial charge in [0.05, 0.1) is 16.6 Å². The lowest BCUT2D eigenvalue weighted by atomic mass is 10.2. The highest BCUT2D eigenvalue weighted by Gasteiger charge is 2.06. The number of amidine groups is 1. The normalized spacial score (nSPS) is 10.2. The van der Waals surface area contributed by atoms with Crippen molar-refractivity contribution < 1.29 is 9.47 Å². The minimum Gasteiger partial charge on any atom is -0.496 e. The molecule has 3 N–H and O–H groups in total. The fraction of sp³-hybridized carbons (Fsp3) is 0.133.